The Kier molecular flexibility index (Phi) is 3.53. The summed E-state index contributed by atoms with van der Waals surface area (Å²) in [6.07, 6.45) is 2.31. The Bertz CT molecular complexity index is 674. The second-order valence-electron chi connectivity index (χ2n) is 5.05. The minimum atomic E-state index is -0.436. The van der Waals surface area contributed by atoms with Crippen LogP contribution >= 0.6 is 0 Å². The van der Waals surface area contributed by atoms with Crippen LogP contribution in [0.1, 0.15) is 17.9 Å². The maximum Gasteiger partial charge on any atom is 0.387 e. The zero-order chi connectivity index (χ0) is 14.8. The zero-order valence-corrected chi connectivity index (χ0v) is 11.5. The van der Waals surface area contributed by atoms with Gasteiger partial charge in [-0.15, -0.1) is 0 Å². The van der Waals surface area contributed by atoms with Crippen molar-refractivity contribution in [3.8, 4) is 0 Å². The first kappa shape index (κ1) is 13.5. The van der Waals surface area contributed by atoms with Gasteiger partial charge in [0.15, 0.2) is 0 Å². The van der Waals surface area contributed by atoms with E-state index in [0.717, 1.165) is 12.1 Å². The number of rotatable bonds is 4. The third-order valence-corrected chi connectivity index (χ3v) is 3.82. The van der Waals surface area contributed by atoms with Crippen molar-refractivity contribution in [3.63, 3.8) is 0 Å². The normalized spacial score (nSPS) is 16.8. The van der Waals surface area contributed by atoms with Crippen molar-refractivity contribution >= 4 is 17.2 Å². The van der Waals surface area contributed by atoms with Gasteiger partial charge in [-0.2, -0.15) is 0 Å². The second-order valence-corrected chi connectivity index (χ2v) is 5.05. The van der Waals surface area contributed by atoms with Crippen LogP contribution in [0.4, 0.5) is 17.2 Å². The first-order valence-electron chi connectivity index (χ1n) is 6.88. The van der Waals surface area contributed by atoms with Crippen LogP contribution in [0.15, 0.2) is 42.6 Å². The smallest absolute Gasteiger partial charge is 0.358 e. The van der Waals surface area contributed by atoms with Gasteiger partial charge in [-0.3, -0.25) is 0 Å². The molecule has 1 atom stereocenters. The van der Waals surface area contributed by atoms with Crippen LogP contribution < -0.4 is 10.6 Å². The average Bonchev–Trinajstić information content (AvgIpc) is 2.87. The van der Waals surface area contributed by atoms with Gasteiger partial charge in [0.05, 0.1) is 0 Å². The number of benzene rings is 1. The van der Waals surface area contributed by atoms with E-state index in [4.69, 9.17) is 5.73 Å². The Balaban J connectivity index is 2.07. The Morgan fingerprint density at radius 3 is 2.81 bits per heavy atom. The molecule has 2 heterocycles. The maximum atomic E-state index is 11.2. The largest absolute Gasteiger partial charge is 0.387 e. The fourth-order valence-corrected chi connectivity index (χ4v) is 2.91. The summed E-state index contributed by atoms with van der Waals surface area (Å²) >= 11 is 0. The van der Waals surface area contributed by atoms with Crippen molar-refractivity contribution in [3.05, 3.63) is 58.3 Å². The van der Waals surface area contributed by atoms with E-state index in [1.54, 1.807) is 12.1 Å². The number of pyridine rings is 1. The molecule has 0 saturated carbocycles. The molecule has 3 rings (SSSR count). The van der Waals surface area contributed by atoms with Crippen molar-refractivity contribution in [2.75, 3.05) is 18.0 Å². The van der Waals surface area contributed by atoms with E-state index in [9.17, 15) is 10.1 Å². The van der Waals surface area contributed by atoms with Gasteiger partial charge in [0.25, 0.3) is 0 Å². The lowest BCUT2D eigenvalue weighted by Crippen LogP contribution is -2.18. The predicted molar refractivity (Wildman–Crippen MR) is 80.8 cm³/mol. The average molecular weight is 284 g/mol. The molecule has 1 unspecified atom stereocenters. The Labute approximate surface area is 122 Å². The molecule has 0 saturated heterocycles. The zero-order valence-electron chi connectivity index (χ0n) is 11.5. The summed E-state index contributed by atoms with van der Waals surface area (Å²) in [5, 5.41) is 11.2. The highest BCUT2D eigenvalue weighted by Gasteiger charge is 2.32. The van der Waals surface area contributed by atoms with Crippen LogP contribution in [-0.2, 0) is 0 Å². The molecule has 1 aliphatic rings. The predicted octanol–water partition coefficient (Wildman–Crippen LogP) is 2.57. The molecule has 2 N–H and O–H groups in total. The van der Waals surface area contributed by atoms with Crippen LogP contribution in [0.3, 0.4) is 0 Å². The van der Waals surface area contributed by atoms with Gasteiger partial charge in [-0.05, 0) is 46.6 Å². The lowest BCUT2D eigenvalue weighted by atomic mass is 9.98. The van der Waals surface area contributed by atoms with Crippen LogP contribution in [-0.4, -0.2) is 23.0 Å². The van der Waals surface area contributed by atoms with Crippen molar-refractivity contribution in [2.45, 2.75) is 12.3 Å². The highest BCUT2D eigenvalue weighted by atomic mass is 16.6. The van der Waals surface area contributed by atoms with Gasteiger partial charge in [-0.1, -0.05) is 18.2 Å². The molecule has 0 fully saturated rings. The summed E-state index contributed by atoms with van der Waals surface area (Å²) in [5.41, 5.74) is 8.43. The molecule has 6 heteroatoms. The summed E-state index contributed by atoms with van der Waals surface area (Å²) in [6.45, 7) is 1.30. The van der Waals surface area contributed by atoms with Gasteiger partial charge < -0.3 is 20.7 Å². The van der Waals surface area contributed by atoms with Crippen molar-refractivity contribution in [1.29, 1.82) is 0 Å². The highest BCUT2D eigenvalue weighted by Crippen LogP contribution is 2.43. The number of nitrogens with two attached hydrogens (primary N) is 1. The molecule has 108 valence electrons. The number of fused-ring (bicyclic) bond motifs is 1. The number of aromatic nitrogens is 1. The number of hydrogen-bond donors (Lipinski definition) is 1. The Morgan fingerprint density at radius 2 is 2.05 bits per heavy atom. The van der Waals surface area contributed by atoms with Gasteiger partial charge in [-0.25, -0.2) is 0 Å². The molecule has 0 radical (unpaired) electrons. The van der Waals surface area contributed by atoms with E-state index in [1.807, 2.05) is 23.1 Å². The molecule has 6 nitrogen and oxygen atoms in total. The highest BCUT2D eigenvalue weighted by molar-refractivity contribution is 5.75. The number of hydrogen-bond acceptors (Lipinski definition) is 5. The van der Waals surface area contributed by atoms with Crippen LogP contribution in [0.2, 0.25) is 0 Å². The molecule has 1 aliphatic heterocycles. The molecular formula is C15H16N4O2. The van der Waals surface area contributed by atoms with E-state index < -0.39 is 4.92 Å². The first-order valence-corrected chi connectivity index (χ1v) is 6.88. The maximum absolute atomic E-state index is 11.2. The van der Waals surface area contributed by atoms with E-state index in [0.29, 0.717) is 24.7 Å². The summed E-state index contributed by atoms with van der Waals surface area (Å²) in [6, 6.07) is 11.5. The van der Waals surface area contributed by atoms with E-state index in [-0.39, 0.29) is 5.82 Å². The van der Waals surface area contributed by atoms with Crippen molar-refractivity contribution in [2.24, 2.45) is 5.73 Å². The molecule has 21 heavy (non-hydrogen) atoms. The lowest BCUT2D eigenvalue weighted by Gasteiger charge is -2.19. The number of anilines is 2. The van der Waals surface area contributed by atoms with Crippen LogP contribution in [0.5, 0.6) is 0 Å². The molecule has 2 aromatic rings. The van der Waals surface area contributed by atoms with Gasteiger partial charge in [0, 0.05) is 18.2 Å². The fraction of sp³-hybridized carbons (Fsp3) is 0.267. The lowest BCUT2D eigenvalue weighted by molar-refractivity contribution is -0.388. The minimum absolute atomic E-state index is 0.110. The summed E-state index contributed by atoms with van der Waals surface area (Å²) in [4.78, 5) is 16.6. The van der Waals surface area contributed by atoms with Gasteiger partial charge in [0.1, 0.15) is 11.9 Å². The number of para-hydroxylation sites is 1. The quantitative estimate of drug-likeness (QED) is 0.689. The molecule has 1 aromatic heterocycles. The Hall–Kier alpha value is -2.47. The van der Waals surface area contributed by atoms with Crippen LogP contribution in [0, 0.1) is 10.1 Å². The van der Waals surface area contributed by atoms with Gasteiger partial charge in [0.2, 0.25) is 0 Å². The van der Waals surface area contributed by atoms with E-state index >= 15 is 0 Å². The molecule has 0 spiro atoms. The minimum Gasteiger partial charge on any atom is -0.358 e. The molecule has 0 amide bonds. The molecule has 0 aliphatic carbocycles. The summed E-state index contributed by atoms with van der Waals surface area (Å²) in [7, 11) is 0. The second kappa shape index (κ2) is 5.49. The monoisotopic (exact) mass is 284 g/mol. The standard InChI is InChI=1S/C15H16N4O2/c16-8-7-11-10-18(13-5-2-1-4-12(11)13)14-6-3-9-17-15(14)19(20)21/h1-6,9,11H,7-8,10,16H2. The van der Waals surface area contributed by atoms with E-state index in [2.05, 4.69) is 11.1 Å². The van der Waals surface area contributed by atoms with Crippen LogP contribution in [0.25, 0.3) is 0 Å². The topological polar surface area (TPSA) is 85.3 Å². The van der Waals surface area contributed by atoms with Crippen molar-refractivity contribution < 1.29 is 4.92 Å². The van der Waals surface area contributed by atoms with Gasteiger partial charge >= 0.3 is 5.82 Å². The molecule has 1 aromatic carbocycles. The first-order chi connectivity index (χ1) is 10.2. The Morgan fingerprint density at radius 1 is 1.29 bits per heavy atom. The SMILES string of the molecule is NCCC1CN(c2cccnc2[N+](=O)[O-])c2ccccc21. The number of nitrogens with zero attached hydrogens (tertiary/aromatic N) is 3. The molecular weight excluding hydrogens is 268 g/mol. The molecule has 0 bridgehead atoms. The third-order valence-electron chi connectivity index (χ3n) is 3.82. The van der Waals surface area contributed by atoms with E-state index in [1.165, 1.54) is 11.8 Å². The fourth-order valence-electron chi connectivity index (χ4n) is 2.91. The number of nitro groups is 1. The third kappa shape index (κ3) is 2.34. The summed E-state index contributed by atoms with van der Waals surface area (Å²) in [5.74, 6) is 0.187. The van der Waals surface area contributed by atoms with Crippen molar-refractivity contribution in [1.82, 2.24) is 4.98 Å². The summed E-state index contributed by atoms with van der Waals surface area (Å²) < 4.78 is 0.